The minimum Gasteiger partial charge on any atom is -0.383 e. The van der Waals surface area contributed by atoms with Crippen LogP contribution in [-0.4, -0.2) is 37.7 Å². The van der Waals surface area contributed by atoms with Crippen LogP contribution in [0.15, 0.2) is 12.7 Å². The molecule has 0 N–H and O–H groups in total. The molecule has 64 valence electrons. The maximum Gasteiger partial charge on any atom is 0.0589 e. The van der Waals surface area contributed by atoms with Gasteiger partial charge < -0.3 is 4.74 Å². The van der Waals surface area contributed by atoms with Gasteiger partial charge in [-0.3, -0.25) is 4.90 Å². The lowest BCUT2D eigenvalue weighted by Crippen LogP contribution is -2.30. The monoisotopic (exact) mass is 155 g/mol. The van der Waals surface area contributed by atoms with E-state index in [2.05, 4.69) is 11.5 Å². The Bertz CT molecular complexity index is 125. The highest BCUT2D eigenvalue weighted by molar-refractivity contribution is 4.91. The van der Waals surface area contributed by atoms with Crippen LogP contribution in [0.25, 0.3) is 0 Å². The van der Waals surface area contributed by atoms with Crippen LogP contribution in [0.1, 0.15) is 12.8 Å². The zero-order chi connectivity index (χ0) is 8.10. The Labute approximate surface area is 68.8 Å². The van der Waals surface area contributed by atoms with Crippen LogP contribution in [0.3, 0.4) is 0 Å². The summed E-state index contributed by atoms with van der Waals surface area (Å²) in [6.07, 6.45) is 4.62. The van der Waals surface area contributed by atoms with Gasteiger partial charge in [-0.1, -0.05) is 6.08 Å². The summed E-state index contributed by atoms with van der Waals surface area (Å²) in [4.78, 5) is 2.43. The van der Waals surface area contributed by atoms with Crippen LogP contribution < -0.4 is 0 Å². The smallest absolute Gasteiger partial charge is 0.0589 e. The molecule has 0 spiro atoms. The molecule has 0 saturated carbocycles. The highest BCUT2D eigenvalue weighted by atomic mass is 16.5. The molecule has 1 aliphatic rings. The first-order valence-corrected chi connectivity index (χ1v) is 4.24. The zero-order valence-corrected chi connectivity index (χ0v) is 7.25. The fraction of sp³-hybridized carbons (Fsp3) is 0.778. The predicted molar refractivity (Wildman–Crippen MR) is 46.7 cm³/mol. The van der Waals surface area contributed by atoms with Crippen molar-refractivity contribution < 1.29 is 4.74 Å². The molecule has 1 unspecified atom stereocenters. The minimum absolute atomic E-state index is 0.602. The lowest BCUT2D eigenvalue weighted by atomic mass is 10.2. The van der Waals surface area contributed by atoms with E-state index in [4.69, 9.17) is 4.74 Å². The summed E-state index contributed by atoms with van der Waals surface area (Å²) in [5.74, 6) is 0. The van der Waals surface area contributed by atoms with E-state index in [9.17, 15) is 0 Å². The van der Waals surface area contributed by atoms with Crippen molar-refractivity contribution in [1.29, 1.82) is 0 Å². The van der Waals surface area contributed by atoms with Crippen LogP contribution in [-0.2, 0) is 4.74 Å². The van der Waals surface area contributed by atoms with Gasteiger partial charge in [0.2, 0.25) is 0 Å². The number of nitrogens with zero attached hydrogens (tertiary/aromatic N) is 1. The third-order valence-electron chi connectivity index (χ3n) is 2.27. The van der Waals surface area contributed by atoms with E-state index in [-0.39, 0.29) is 0 Å². The molecular formula is C9H17NO. The molecule has 1 rings (SSSR count). The highest BCUT2D eigenvalue weighted by Crippen LogP contribution is 2.16. The van der Waals surface area contributed by atoms with E-state index in [0.717, 1.165) is 13.2 Å². The van der Waals surface area contributed by atoms with Gasteiger partial charge in [0.05, 0.1) is 6.61 Å². The maximum absolute atomic E-state index is 5.02. The van der Waals surface area contributed by atoms with Crippen LogP contribution in [0.4, 0.5) is 0 Å². The van der Waals surface area contributed by atoms with Gasteiger partial charge in [-0.15, -0.1) is 6.58 Å². The second kappa shape index (κ2) is 4.52. The second-order valence-corrected chi connectivity index (χ2v) is 2.97. The molecule has 1 fully saturated rings. The van der Waals surface area contributed by atoms with Crippen molar-refractivity contribution >= 4 is 0 Å². The molecule has 1 heterocycles. The number of rotatable bonds is 4. The number of hydrogen-bond donors (Lipinski definition) is 0. The van der Waals surface area contributed by atoms with Crippen LogP contribution in [0, 0.1) is 0 Å². The van der Waals surface area contributed by atoms with E-state index in [1.807, 2.05) is 6.08 Å². The Morgan fingerprint density at radius 3 is 3.18 bits per heavy atom. The van der Waals surface area contributed by atoms with Crippen molar-refractivity contribution in [3.05, 3.63) is 12.7 Å². The Morgan fingerprint density at radius 1 is 1.73 bits per heavy atom. The fourth-order valence-corrected chi connectivity index (χ4v) is 1.61. The summed E-state index contributed by atoms with van der Waals surface area (Å²) in [6.45, 7) is 6.91. The Kier molecular flexibility index (Phi) is 3.60. The van der Waals surface area contributed by atoms with E-state index >= 15 is 0 Å². The minimum atomic E-state index is 0.602. The van der Waals surface area contributed by atoms with Gasteiger partial charge in [0.1, 0.15) is 0 Å². The van der Waals surface area contributed by atoms with Gasteiger partial charge in [-0.2, -0.15) is 0 Å². The lowest BCUT2D eigenvalue weighted by Gasteiger charge is -2.20. The summed E-state index contributed by atoms with van der Waals surface area (Å²) in [5, 5.41) is 0. The maximum atomic E-state index is 5.02. The molecule has 0 bridgehead atoms. The second-order valence-electron chi connectivity index (χ2n) is 2.97. The Balaban J connectivity index is 2.25. The summed E-state index contributed by atoms with van der Waals surface area (Å²) in [7, 11) is 1.75. The number of methoxy groups -OCH3 is 1. The average Bonchev–Trinajstić information content (AvgIpc) is 2.47. The van der Waals surface area contributed by atoms with Crippen molar-refractivity contribution in [3.8, 4) is 0 Å². The van der Waals surface area contributed by atoms with Gasteiger partial charge in [0.25, 0.3) is 0 Å². The lowest BCUT2D eigenvalue weighted by molar-refractivity contribution is 0.150. The molecule has 0 radical (unpaired) electrons. The topological polar surface area (TPSA) is 12.5 Å². The van der Waals surface area contributed by atoms with Crippen molar-refractivity contribution in [2.24, 2.45) is 0 Å². The quantitative estimate of drug-likeness (QED) is 0.567. The van der Waals surface area contributed by atoms with Gasteiger partial charge in [0.15, 0.2) is 0 Å². The first kappa shape index (κ1) is 8.75. The fourth-order valence-electron chi connectivity index (χ4n) is 1.61. The SMILES string of the molecule is C=CC1CCCN1CCOC. The average molecular weight is 155 g/mol. The number of ether oxygens (including phenoxy) is 1. The predicted octanol–water partition coefficient (Wildman–Crippen LogP) is 1.28. The summed E-state index contributed by atoms with van der Waals surface area (Å²) >= 11 is 0. The van der Waals surface area contributed by atoms with Crippen LogP contribution >= 0.6 is 0 Å². The summed E-state index contributed by atoms with van der Waals surface area (Å²) in [5.41, 5.74) is 0. The standard InChI is InChI=1S/C9H17NO/c1-3-9-5-4-6-10(9)7-8-11-2/h3,9H,1,4-8H2,2H3. The molecular weight excluding hydrogens is 138 g/mol. The highest BCUT2D eigenvalue weighted by Gasteiger charge is 2.20. The largest absolute Gasteiger partial charge is 0.383 e. The molecule has 0 aromatic heterocycles. The molecule has 0 aromatic carbocycles. The van der Waals surface area contributed by atoms with Crippen LogP contribution in [0.2, 0.25) is 0 Å². The molecule has 1 atom stereocenters. The molecule has 2 nitrogen and oxygen atoms in total. The van der Waals surface area contributed by atoms with Crippen molar-refractivity contribution in [1.82, 2.24) is 4.90 Å². The molecule has 1 saturated heterocycles. The molecule has 2 heteroatoms. The molecule has 0 amide bonds. The Hall–Kier alpha value is -0.340. The van der Waals surface area contributed by atoms with Gasteiger partial charge in [-0.25, -0.2) is 0 Å². The van der Waals surface area contributed by atoms with Crippen molar-refractivity contribution in [2.75, 3.05) is 26.8 Å². The Morgan fingerprint density at radius 2 is 2.55 bits per heavy atom. The zero-order valence-electron chi connectivity index (χ0n) is 7.25. The van der Waals surface area contributed by atoms with Crippen molar-refractivity contribution in [3.63, 3.8) is 0 Å². The third-order valence-corrected chi connectivity index (χ3v) is 2.27. The summed E-state index contributed by atoms with van der Waals surface area (Å²) in [6, 6.07) is 0.602. The van der Waals surface area contributed by atoms with Gasteiger partial charge in [0, 0.05) is 19.7 Å². The number of hydrogen-bond acceptors (Lipinski definition) is 2. The normalized spacial score (nSPS) is 25.7. The first-order chi connectivity index (χ1) is 5.38. The van der Waals surface area contributed by atoms with E-state index < -0.39 is 0 Å². The molecule has 0 aliphatic carbocycles. The molecule has 1 aliphatic heterocycles. The van der Waals surface area contributed by atoms with Crippen molar-refractivity contribution in [2.45, 2.75) is 18.9 Å². The van der Waals surface area contributed by atoms with Gasteiger partial charge in [-0.05, 0) is 19.4 Å². The third kappa shape index (κ3) is 2.31. The van der Waals surface area contributed by atoms with E-state index in [0.29, 0.717) is 6.04 Å². The summed E-state index contributed by atoms with van der Waals surface area (Å²) < 4.78 is 5.02. The van der Waals surface area contributed by atoms with Gasteiger partial charge >= 0.3 is 0 Å². The van der Waals surface area contributed by atoms with E-state index in [1.165, 1.54) is 19.4 Å². The van der Waals surface area contributed by atoms with Crippen LogP contribution in [0.5, 0.6) is 0 Å². The number of likely N-dealkylation sites (tertiary alicyclic amines) is 1. The molecule has 11 heavy (non-hydrogen) atoms. The first-order valence-electron chi connectivity index (χ1n) is 4.24. The molecule has 0 aromatic rings. The van der Waals surface area contributed by atoms with E-state index in [1.54, 1.807) is 7.11 Å².